The minimum Gasteiger partial charge on any atom is -0.378 e. The second-order valence-corrected chi connectivity index (χ2v) is 6.65. The maximum absolute atomic E-state index is 12.0. The third-order valence-electron chi connectivity index (χ3n) is 3.95. The molecule has 1 amide bonds. The van der Waals surface area contributed by atoms with Crippen molar-refractivity contribution in [1.29, 1.82) is 0 Å². The second kappa shape index (κ2) is 8.13. The molecule has 1 N–H and O–H groups in total. The Bertz CT molecular complexity index is 604. The number of benzene rings is 1. The monoisotopic (exact) mass is 330 g/mol. The molecule has 0 radical (unpaired) electrons. The fourth-order valence-electron chi connectivity index (χ4n) is 2.67. The van der Waals surface area contributed by atoms with Gasteiger partial charge in [0.15, 0.2) is 0 Å². The zero-order chi connectivity index (χ0) is 15.9. The first-order valence-electron chi connectivity index (χ1n) is 8.02. The van der Waals surface area contributed by atoms with Gasteiger partial charge in [0.2, 0.25) is 5.91 Å². The van der Waals surface area contributed by atoms with Crippen LogP contribution in [0.3, 0.4) is 0 Å². The molecule has 1 saturated heterocycles. The minimum absolute atomic E-state index is 0.0840. The third kappa shape index (κ3) is 4.81. The van der Waals surface area contributed by atoms with Crippen LogP contribution in [-0.2, 0) is 22.4 Å². The average Bonchev–Trinajstić information content (AvgIpc) is 3.10. The fourth-order valence-corrected chi connectivity index (χ4v) is 3.38. The van der Waals surface area contributed by atoms with E-state index in [9.17, 15) is 4.79 Å². The maximum Gasteiger partial charge on any atom is 0.224 e. The van der Waals surface area contributed by atoms with Crippen molar-refractivity contribution in [2.75, 3.05) is 37.7 Å². The first kappa shape index (κ1) is 16.0. The Morgan fingerprint density at radius 1 is 1.17 bits per heavy atom. The van der Waals surface area contributed by atoms with E-state index in [4.69, 9.17) is 4.74 Å². The summed E-state index contributed by atoms with van der Waals surface area (Å²) in [6.45, 7) is 4.14. The first-order valence-corrected chi connectivity index (χ1v) is 8.90. The van der Waals surface area contributed by atoms with Crippen molar-refractivity contribution in [3.63, 3.8) is 0 Å². The zero-order valence-electron chi connectivity index (χ0n) is 13.2. The van der Waals surface area contributed by atoms with E-state index in [0.29, 0.717) is 13.0 Å². The van der Waals surface area contributed by atoms with Crippen LogP contribution < -0.4 is 10.2 Å². The van der Waals surface area contributed by atoms with Crippen LogP contribution in [-0.4, -0.2) is 38.8 Å². The number of morpholine rings is 1. The smallest absolute Gasteiger partial charge is 0.224 e. The molecule has 122 valence electrons. The van der Waals surface area contributed by atoms with Gasteiger partial charge in [-0.2, -0.15) is 0 Å². The van der Waals surface area contributed by atoms with Gasteiger partial charge in [0.05, 0.1) is 19.6 Å². The molecule has 0 bridgehead atoms. The number of nitrogens with one attached hydrogen (secondary N) is 1. The van der Waals surface area contributed by atoms with Gasteiger partial charge < -0.3 is 15.0 Å². The van der Waals surface area contributed by atoms with Crippen LogP contribution in [0.1, 0.15) is 10.4 Å². The number of carbonyl (C=O) groups is 1. The molecule has 1 aromatic heterocycles. The van der Waals surface area contributed by atoms with Crippen LogP contribution in [0.25, 0.3) is 0 Å². The van der Waals surface area contributed by atoms with Crippen molar-refractivity contribution < 1.29 is 9.53 Å². The average molecular weight is 330 g/mol. The number of carbonyl (C=O) groups excluding carboxylic acids is 1. The summed E-state index contributed by atoms with van der Waals surface area (Å²) >= 11 is 1.73. The van der Waals surface area contributed by atoms with E-state index in [1.807, 2.05) is 18.2 Å². The van der Waals surface area contributed by atoms with Gasteiger partial charge in [0.25, 0.3) is 0 Å². The molecule has 2 aromatic rings. The van der Waals surface area contributed by atoms with E-state index in [0.717, 1.165) is 38.3 Å². The Kier molecular flexibility index (Phi) is 5.66. The number of hydrogen-bond donors (Lipinski definition) is 1. The van der Waals surface area contributed by atoms with Crippen molar-refractivity contribution >= 4 is 22.9 Å². The van der Waals surface area contributed by atoms with Crippen molar-refractivity contribution in [2.45, 2.75) is 12.8 Å². The molecule has 3 rings (SSSR count). The van der Waals surface area contributed by atoms with E-state index in [2.05, 4.69) is 33.8 Å². The molecular formula is C18H22N2O2S. The lowest BCUT2D eigenvalue weighted by Crippen LogP contribution is -2.36. The molecule has 23 heavy (non-hydrogen) atoms. The summed E-state index contributed by atoms with van der Waals surface area (Å²) in [5.41, 5.74) is 2.26. The Balaban J connectivity index is 1.44. The third-order valence-corrected chi connectivity index (χ3v) is 4.89. The summed E-state index contributed by atoms with van der Waals surface area (Å²) in [4.78, 5) is 15.6. The highest BCUT2D eigenvalue weighted by molar-refractivity contribution is 7.09. The first-order chi connectivity index (χ1) is 11.3. The predicted molar refractivity (Wildman–Crippen MR) is 94.2 cm³/mol. The topological polar surface area (TPSA) is 41.6 Å². The molecule has 0 unspecified atom stereocenters. The van der Waals surface area contributed by atoms with Gasteiger partial charge >= 0.3 is 0 Å². The predicted octanol–water partition coefficient (Wildman–Crippen LogP) is 2.49. The van der Waals surface area contributed by atoms with Crippen molar-refractivity contribution in [2.24, 2.45) is 0 Å². The van der Waals surface area contributed by atoms with Gasteiger partial charge in [-0.05, 0) is 35.6 Å². The Morgan fingerprint density at radius 3 is 2.65 bits per heavy atom. The standard InChI is InChI=1S/C18H22N2O2S/c21-18(19-8-7-17-2-1-13-23-17)14-15-3-5-16(6-4-15)20-9-11-22-12-10-20/h1-6,13H,7-12,14H2,(H,19,21). The molecule has 0 aliphatic carbocycles. The van der Waals surface area contributed by atoms with Crippen LogP contribution in [0, 0.1) is 0 Å². The molecule has 1 aromatic carbocycles. The van der Waals surface area contributed by atoms with E-state index in [1.54, 1.807) is 11.3 Å². The Hall–Kier alpha value is -1.85. The second-order valence-electron chi connectivity index (χ2n) is 5.62. The number of amides is 1. The normalized spacial score (nSPS) is 14.7. The molecule has 0 saturated carbocycles. The highest BCUT2D eigenvalue weighted by atomic mass is 32.1. The zero-order valence-corrected chi connectivity index (χ0v) is 14.0. The summed E-state index contributed by atoms with van der Waals surface area (Å²) < 4.78 is 5.37. The van der Waals surface area contributed by atoms with Crippen molar-refractivity contribution in [1.82, 2.24) is 5.32 Å². The van der Waals surface area contributed by atoms with Gasteiger partial charge in [0.1, 0.15) is 0 Å². The molecule has 0 spiro atoms. The SMILES string of the molecule is O=C(Cc1ccc(N2CCOCC2)cc1)NCCc1cccs1. The number of hydrogen-bond acceptors (Lipinski definition) is 4. The highest BCUT2D eigenvalue weighted by Gasteiger charge is 2.11. The minimum atomic E-state index is 0.0840. The molecule has 1 aliphatic heterocycles. The summed E-state index contributed by atoms with van der Waals surface area (Å²) in [6, 6.07) is 12.4. The molecule has 2 heterocycles. The van der Waals surface area contributed by atoms with Crippen LogP contribution in [0.5, 0.6) is 0 Å². The summed E-state index contributed by atoms with van der Waals surface area (Å²) in [5, 5.41) is 5.05. The quantitative estimate of drug-likeness (QED) is 0.885. The molecular weight excluding hydrogens is 308 g/mol. The molecule has 1 fully saturated rings. The lowest BCUT2D eigenvalue weighted by molar-refractivity contribution is -0.120. The van der Waals surface area contributed by atoms with E-state index < -0.39 is 0 Å². The van der Waals surface area contributed by atoms with Gasteiger partial charge in [-0.25, -0.2) is 0 Å². The van der Waals surface area contributed by atoms with Gasteiger partial charge in [-0.15, -0.1) is 11.3 Å². The largest absolute Gasteiger partial charge is 0.378 e. The molecule has 5 heteroatoms. The van der Waals surface area contributed by atoms with Crippen molar-refractivity contribution in [3.05, 3.63) is 52.2 Å². The van der Waals surface area contributed by atoms with E-state index in [-0.39, 0.29) is 5.91 Å². The number of nitrogens with zero attached hydrogens (tertiary/aromatic N) is 1. The number of thiophene rings is 1. The number of anilines is 1. The van der Waals surface area contributed by atoms with E-state index >= 15 is 0 Å². The van der Waals surface area contributed by atoms with E-state index in [1.165, 1.54) is 10.6 Å². The van der Waals surface area contributed by atoms with Gasteiger partial charge in [-0.1, -0.05) is 18.2 Å². The highest BCUT2D eigenvalue weighted by Crippen LogP contribution is 2.17. The molecule has 0 atom stereocenters. The Labute approximate surface area is 141 Å². The van der Waals surface area contributed by atoms with Crippen molar-refractivity contribution in [3.8, 4) is 0 Å². The summed E-state index contributed by atoms with van der Waals surface area (Å²) in [7, 11) is 0. The Morgan fingerprint density at radius 2 is 1.96 bits per heavy atom. The maximum atomic E-state index is 12.0. The lowest BCUT2D eigenvalue weighted by Gasteiger charge is -2.28. The lowest BCUT2D eigenvalue weighted by atomic mass is 10.1. The van der Waals surface area contributed by atoms with Crippen LogP contribution >= 0.6 is 11.3 Å². The number of ether oxygens (including phenoxy) is 1. The van der Waals surface area contributed by atoms with Crippen LogP contribution in [0.4, 0.5) is 5.69 Å². The van der Waals surface area contributed by atoms with Crippen LogP contribution in [0.2, 0.25) is 0 Å². The molecule has 4 nitrogen and oxygen atoms in total. The molecule has 1 aliphatic rings. The van der Waals surface area contributed by atoms with Gasteiger partial charge in [-0.3, -0.25) is 4.79 Å². The van der Waals surface area contributed by atoms with Gasteiger partial charge in [0, 0.05) is 30.2 Å². The summed E-state index contributed by atoms with van der Waals surface area (Å²) in [6.07, 6.45) is 1.34. The fraction of sp³-hybridized carbons (Fsp3) is 0.389. The number of rotatable bonds is 6. The summed E-state index contributed by atoms with van der Waals surface area (Å²) in [5.74, 6) is 0.0840. The van der Waals surface area contributed by atoms with Crippen LogP contribution in [0.15, 0.2) is 41.8 Å².